The van der Waals surface area contributed by atoms with Gasteiger partial charge in [0.2, 0.25) is 0 Å². The Labute approximate surface area is 107 Å². The number of aryl methyl sites for hydroxylation is 1. The van der Waals surface area contributed by atoms with E-state index >= 15 is 0 Å². The molecule has 1 rings (SSSR count). The van der Waals surface area contributed by atoms with E-state index in [9.17, 15) is 0 Å². The number of anilines is 1. The maximum Gasteiger partial charge on any atom is 0.0340 e. The summed E-state index contributed by atoms with van der Waals surface area (Å²) in [4.78, 5) is 0. The summed E-state index contributed by atoms with van der Waals surface area (Å²) in [6.07, 6.45) is 9.09. The molecule has 0 amide bonds. The molecular weight excluding hydrogens is 206 g/mol. The molecule has 0 aliphatic rings. The Morgan fingerprint density at radius 1 is 0.824 bits per heavy atom. The van der Waals surface area contributed by atoms with Crippen molar-refractivity contribution >= 4 is 5.69 Å². The highest BCUT2D eigenvalue weighted by molar-refractivity contribution is 5.44. The van der Waals surface area contributed by atoms with Crippen LogP contribution < -0.4 is 5.32 Å². The summed E-state index contributed by atoms with van der Waals surface area (Å²) in [6.45, 7) is 5.60. The van der Waals surface area contributed by atoms with Crippen LogP contribution in [0.1, 0.15) is 57.9 Å². The average Bonchev–Trinajstić information content (AvgIpc) is 2.37. The molecule has 1 aromatic rings. The lowest BCUT2D eigenvalue weighted by molar-refractivity contribution is 0.685. The van der Waals surface area contributed by atoms with Crippen LogP contribution in [-0.4, -0.2) is 6.54 Å². The molecular formula is C16H27N. The van der Waals surface area contributed by atoms with Gasteiger partial charge < -0.3 is 5.32 Å². The molecule has 0 fully saturated rings. The molecule has 0 atom stereocenters. The van der Waals surface area contributed by atoms with Crippen LogP contribution in [0.3, 0.4) is 0 Å². The summed E-state index contributed by atoms with van der Waals surface area (Å²) in [5.74, 6) is 0. The number of rotatable bonds is 9. The van der Waals surface area contributed by atoms with Gasteiger partial charge in [0.1, 0.15) is 0 Å². The molecule has 1 aromatic carbocycles. The van der Waals surface area contributed by atoms with Crippen molar-refractivity contribution in [3.63, 3.8) is 0 Å². The summed E-state index contributed by atoms with van der Waals surface area (Å²) in [5, 5.41) is 3.49. The van der Waals surface area contributed by atoms with Crippen LogP contribution in [-0.2, 0) is 6.42 Å². The first-order valence-electron chi connectivity index (χ1n) is 7.19. The van der Waals surface area contributed by atoms with E-state index in [4.69, 9.17) is 0 Å². The van der Waals surface area contributed by atoms with Gasteiger partial charge in [-0.05, 0) is 37.0 Å². The minimum absolute atomic E-state index is 1.11. The van der Waals surface area contributed by atoms with E-state index in [1.54, 1.807) is 0 Å². The number of hydrogen-bond donors (Lipinski definition) is 1. The molecule has 0 radical (unpaired) electrons. The van der Waals surface area contributed by atoms with Crippen molar-refractivity contribution < 1.29 is 0 Å². The Bertz CT molecular complexity index is 276. The van der Waals surface area contributed by atoms with E-state index < -0.39 is 0 Å². The third-order valence-electron chi connectivity index (χ3n) is 3.13. The molecule has 0 unspecified atom stereocenters. The highest BCUT2D eigenvalue weighted by Crippen LogP contribution is 2.12. The van der Waals surface area contributed by atoms with Crippen molar-refractivity contribution in [3.8, 4) is 0 Å². The fraction of sp³-hybridized carbons (Fsp3) is 0.625. The zero-order valence-electron chi connectivity index (χ0n) is 11.5. The summed E-state index contributed by atoms with van der Waals surface area (Å²) in [5.41, 5.74) is 2.73. The fourth-order valence-corrected chi connectivity index (χ4v) is 1.95. The monoisotopic (exact) mass is 233 g/mol. The van der Waals surface area contributed by atoms with Crippen LogP contribution in [0.25, 0.3) is 0 Å². The molecule has 0 saturated heterocycles. The number of hydrogen-bond acceptors (Lipinski definition) is 1. The molecule has 1 N–H and O–H groups in total. The van der Waals surface area contributed by atoms with Gasteiger partial charge in [0.15, 0.2) is 0 Å². The van der Waals surface area contributed by atoms with Crippen molar-refractivity contribution in [2.45, 2.75) is 58.8 Å². The smallest absolute Gasteiger partial charge is 0.0340 e. The predicted molar refractivity (Wildman–Crippen MR) is 77.7 cm³/mol. The lowest BCUT2D eigenvalue weighted by atomic mass is 10.1. The van der Waals surface area contributed by atoms with Gasteiger partial charge in [-0.2, -0.15) is 0 Å². The van der Waals surface area contributed by atoms with E-state index in [1.165, 1.54) is 56.2 Å². The minimum Gasteiger partial charge on any atom is -0.385 e. The van der Waals surface area contributed by atoms with E-state index in [0.29, 0.717) is 0 Å². The Hall–Kier alpha value is -0.980. The average molecular weight is 233 g/mol. The Morgan fingerprint density at radius 2 is 1.53 bits per heavy atom. The van der Waals surface area contributed by atoms with Gasteiger partial charge in [-0.15, -0.1) is 0 Å². The second-order valence-electron chi connectivity index (χ2n) is 4.79. The zero-order valence-corrected chi connectivity index (χ0v) is 11.5. The lowest BCUT2D eigenvalue weighted by Crippen LogP contribution is -2.01. The highest BCUT2D eigenvalue weighted by atomic mass is 14.9. The molecule has 0 aromatic heterocycles. The Balaban J connectivity index is 2.20. The molecule has 0 spiro atoms. The summed E-state index contributed by atoms with van der Waals surface area (Å²) in [7, 11) is 0. The third kappa shape index (κ3) is 6.35. The largest absolute Gasteiger partial charge is 0.385 e. The second kappa shape index (κ2) is 9.09. The standard InChI is InChI=1S/C16H27N/c1-3-5-7-8-14-17-16-12-10-15(11-13-16)9-6-4-2/h10-13,17H,3-9,14H2,1-2H3. The maximum absolute atomic E-state index is 3.49. The fourth-order valence-electron chi connectivity index (χ4n) is 1.95. The van der Waals surface area contributed by atoms with Crippen LogP contribution in [0.2, 0.25) is 0 Å². The molecule has 1 nitrogen and oxygen atoms in total. The van der Waals surface area contributed by atoms with Gasteiger partial charge in [0.25, 0.3) is 0 Å². The van der Waals surface area contributed by atoms with E-state index in [2.05, 4.69) is 43.4 Å². The van der Waals surface area contributed by atoms with E-state index in [0.717, 1.165) is 6.54 Å². The van der Waals surface area contributed by atoms with Crippen molar-refractivity contribution in [1.29, 1.82) is 0 Å². The molecule has 17 heavy (non-hydrogen) atoms. The third-order valence-corrected chi connectivity index (χ3v) is 3.13. The molecule has 96 valence electrons. The van der Waals surface area contributed by atoms with Crippen molar-refractivity contribution in [1.82, 2.24) is 0 Å². The topological polar surface area (TPSA) is 12.0 Å². The quantitative estimate of drug-likeness (QED) is 0.590. The van der Waals surface area contributed by atoms with E-state index in [-0.39, 0.29) is 0 Å². The normalized spacial score (nSPS) is 10.5. The van der Waals surface area contributed by atoms with Gasteiger partial charge >= 0.3 is 0 Å². The molecule has 0 bridgehead atoms. The number of nitrogens with one attached hydrogen (secondary N) is 1. The van der Waals surface area contributed by atoms with Crippen LogP contribution in [0.4, 0.5) is 5.69 Å². The second-order valence-corrected chi connectivity index (χ2v) is 4.79. The minimum atomic E-state index is 1.11. The molecule has 0 heterocycles. The summed E-state index contributed by atoms with van der Waals surface area (Å²) in [6, 6.07) is 8.93. The zero-order chi connectivity index (χ0) is 12.3. The van der Waals surface area contributed by atoms with Crippen LogP contribution in [0, 0.1) is 0 Å². The Morgan fingerprint density at radius 3 is 2.18 bits per heavy atom. The lowest BCUT2D eigenvalue weighted by Gasteiger charge is -2.07. The molecule has 0 aliphatic heterocycles. The summed E-state index contributed by atoms with van der Waals surface area (Å²) >= 11 is 0. The Kier molecular flexibility index (Phi) is 7.53. The van der Waals surface area contributed by atoms with E-state index in [1.807, 2.05) is 0 Å². The molecule has 0 saturated carbocycles. The van der Waals surface area contributed by atoms with Gasteiger partial charge in [-0.25, -0.2) is 0 Å². The number of unbranched alkanes of at least 4 members (excludes halogenated alkanes) is 4. The van der Waals surface area contributed by atoms with Gasteiger partial charge in [-0.3, -0.25) is 0 Å². The van der Waals surface area contributed by atoms with Crippen LogP contribution in [0.5, 0.6) is 0 Å². The first-order chi connectivity index (χ1) is 8.36. The van der Waals surface area contributed by atoms with Crippen LogP contribution in [0.15, 0.2) is 24.3 Å². The van der Waals surface area contributed by atoms with Crippen LogP contribution >= 0.6 is 0 Å². The molecule has 1 heteroatoms. The maximum atomic E-state index is 3.49. The highest BCUT2D eigenvalue weighted by Gasteiger charge is 1.94. The van der Waals surface area contributed by atoms with Crippen molar-refractivity contribution in [3.05, 3.63) is 29.8 Å². The van der Waals surface area contributed by atoms with Gasteiger partial charge in [0.05, 0.1) is 0 Å². The molecule has 0 aliphatic carbocycles. The van der Waals surface area contributed by atoms with Crippen molar-refractivity contribution in [2.24, 2.45) is 0 Å². The first-order valence-corrected chi connectivity index (χ1v) is 7.19. The van der Waals surface area contributed by atoms with Gasteiger partial charge in [0, 0.05) is 12.2 Å². The number of benzene rings is 1. The predicted octanol–water partition coefficient (Wildman–Crippen LogP) is 5.02. The summed E-state index contributed by atoms with van der Waals surface area (Å²) < 4.78 is 0. The SMILES string of the molecule is CCCCCCNc1ccc(CCCC)cc1. The first kappa shape index (κ1) is 14.1. The van der Waals surface area contributed by atoms with Gasteiger partial charge in [-0.1, -0.05) is 51.7 Å². The van der Waals surface area contributed by atoms with Crippen molar-refractivity contribution in [2.75, 3.05) is 11.9 Å².